The van der Waals surface area contributed by atoms with Crippen molar-refractivity contribution in [3.63, 3.8) is 0 Å². The molecule has 0 fully saturated rings. The fourth-order valence-electron chi connectivity index (χ4n) is 2.21. The van der Waals surface area contributed by atoms with Gasteiger partial charge in [0.1, 0.15) is 5.75 Å². The largest absolute Gasteiger partial charge is 0.494 e. The third-order valence-electron chi connectivity index (χ3n) is 3.53. The van der Waals surface area contributed by atoms with Crippen LogP contribution in [-0.4, -0.2) is 25.0 Å². The van der Waals surface area contributed by atoms with Gasteiger partial charge in [0.15, 0.2) is 5.78 Å². The second-order valence-electron chi connectivity index (χ2n) is 5.48. The van der Waals surface area contributed by atoms with Gasteiger partial charge in [0.2, 0.25) is 0 Å². The van der Waals surface area contributed by atoms with Crippen LogP contribution in [0.3, 0.4) is 0 Å². The monoisotopic (exact) mass is 326 g/mol. The standard InChI is InChI=1S/C20H22O4/c1-3-23-19(21)5-4-14-24-18-12-10-17(11-13-18)20(22)16-8-6-15(2)7-9-16/h6-13H,3-5,14H2,1-2H3. The highest BCUT2D eigenvalue weighted by molar-refractivity contribution is 6.09. The van der Waals surface area contributed by atoms with E-state index in [1.54, 1.807) is 31.2 Å². The average molecular weight is 326 g/mol. The van der Waals surface area contributed by atoms with Crippen LogP contribution in [0.1, 0.15) is 41.3 Å². The summed E-state index contributed by atoms with van der Waals surface area (Å²) in [6.07, 6.45) is 0.945. The first-order valence-corrected chi connectivity index (χ1v) is 8.10. The van der Waals surface area contributed by atoms with Gasteiger partial charge in [-0.25, -0.2) is 0 Å². The van der Waals surface area contributed by atoms with E-state index in [4.69, 9.17) is 9.47 Å². The Morgan fingerprint density at radius 1 is 0.917 bits per heavy atom. The van der Waals surface area contributed by atoms with Gasteiger partial charge in [0, 0.05) is 17.5 Å². The van der Waals surface area contributed by atoms with E-state index in [0.29, 0.717) is 42.9 Å². The van der Waals surface area contributed by atoms with Crippen molar-refractivity contribution in [3.05, 3.63) is 65.2 Å². The summed E-state index contributed by atoms with van der Waals surface area (Å²) in [4.78, 5) is 23.6. The van der Waals surface area contributed by atoms with Crippen molar-refractivity contribution >= 4 is 11.8 Å². The van der Waals surface area contributed by atoms with Gasteiger partial charge in [-0.1, -0.05) is 29.8 Å². The van der Waals surface area contributed by atoms with Gasteiger partial charge in [-0.2, -0.15) is 0 Å². The Morgan fingerprint density at radius 3 is 2.08 bits per heavy atom. The fraction of sp³-hybridized carbons (Fsp3) is 0.300. The Bertz CT molecular complexity index is 672. The quantitative estimate of drug-likeness (QED) is 0.419. The minimum absolute atomic E-state index is 0.0103. The van der Waals surface area contributed by atoms with Crippen LogP contribution in [0.15, 0.2) is 48.5 Å². The first-order valence-electron chi connectivity index (χ1n) is 8.10. The Hall–Kier alpha value is -2.62. The molecular formula is C20H22O4. The summed E-state index contributed by atoms with van der Waals surface area (Å²) in [7, 11) is 0. The first kappa shape index (κ1) is 17.7. The number of rotatable bonds is 8. The van der Waals surface area contributed by atoms with E-state index in [0.717, 1.165) is 5.56 Å². The average Bonchev–Trinajstić information content (AvgIpc) is 2.60. The van der Waals surface area contributed by atoms with Gasteiger partial charge >= 0.3 is 5.97 Å². The molecule has 0 spiro atoms. The molecular weight excluding hydrogens is 304 g/mol. The van der Waals surface area contributed by atoms with Crippen molar-refractivity contribution in [1.29, 1.82) is 0 Å². The lowest BCUT2D eigenvalue weighted by Crippen LogP contribution is -2.07. The van der Waals surface area contributed by atoms with E-state index in [9.17, 15) is 9.59 Å². The molecule has 0 bridgehead atoms. The third-order valence-corrected chi connectivity index (χ3v) is 3.53. The number of carbonyl (C=O) groups is 2. The Kier molecular flexibility index (Phi) is 6.55. The Balaban J connectivity index is 1.85. The number of esters is 1. The van der Waals surface area contributed by atoms with E-state index in [1.165, 1.54) is 0 Å². The third kappa shape index (κ3) is 5.23. The predicted octanol–water partition coefficient (Wildman–Crippen LogP) is 3.95. The maximum atomic E-state index is 12.4. The Morgan fingerprint density at radius 2 is 1.50 bits per heavy atom. The van der Waals surface area contributed by atoms with E-state index in [2.05, 4.69) is 0 Å². The molecule has 0 aliphatic rings. The summed E-state index contributed by atoms with van der Waals surface area (Å²) < 4.78 is 10.4. The molecule has 2 rings (SSSR count). The summed E-state index contributed by atoms with van der Waals surface area (Å²) in [5.41, 5.74) is 2.42. The number of aryl methyl sites for hydroxylation is 1. The highest BCUT2D eigenvalue weighted by atomic mass is 16.5. The lowest BCUT2D eigenvalue weighted by molar-refractivity contribution is -0.143. The van der Waals surface area contributed by atoms with Crippen molar-refractivity contribution < 1.29 is 19.1 Å². The molecule has 4 heteroatoms. The van der Waals surface area contributed by atoms with E-state index in [1.807, 2.05) is 31.2 Å². The van der Waals surface area contributed by atoms with E-state index in [-0.39, 0.29) is 11.8 Å². The molecule has 0 N–H and O–H groups in total. The van der Waals surface area contributed by atoms with Gasteiger partial charge in [0.25, 0.3) is 0 Å². The molecule has 0 aliphatic carbocycles. The highest BCUT2D eigenvalue weighted by Crippen LogP contribution is 2.16. The number of carbonyl (C=O) groups excluding carboxylic acids is 2. The number of ketones is 1. The number of benzene rings is 2. The minimum Gasteiger partial charge on any atom is -0.494 e. The predicted molar refractivity (Wildman–Crippen MR) is 92.4 cm³/mol. The summed E-state index contributed by atoms with van der Waals surface area (Å²) in [6.45, 7) is 4.61. The molecule has 0 atom stereocenters. The molecule has 0 saturated heterocycles. The summed E-state index contributed by atoms with van der Waals surface area (Å²) in [5.74, 6) is 0.461. The highest BCUT2D eigenvalue weighted by Gasteiger charge is 2.09. The van der Waals surface area contributed by atoms with Crippen LogP contribution in [0.2, 0.25) is 0 Å². The number of hydrogen-bond acceptors (Lipinski definition) is 4. The minimum atomic E-state index is -0.208. The molecule has 0 saturated carbocycles. The van der Waals surface area contributed by atoms with Crippen LogP contribution in [0.5, 0.6) is 5.75 Å². The molecule has 0 amide bonds. The van der Waals surface area contributed by atoms with Gasteiger partial charge in [-0.3, -0.25) is 9.59 Å². The van der Waals surface area contributed by atoms with Crippen LogP contribution < -0.4 is 4.74 Å². The molecule has 0 aliphatic heterocycles. The van der Waals surface area contributed by atoms with Crippen LogP contribution >= 0.6 is 0 Å². The molecule has 0 aromatic heterocycles. The molecule has 0 heterocycles. The maximum absolute atomic E-state index is 12.4. The van der Waals surface area contributed by atoms with Crippen LogP contribution in [0, 0.1) is 6.92 Å². The summed E-state index contributed by atoms with van der Waals surface area (Å²) in [6, 6.07) is 14.6. The van der Waals surface area contributed by atoms with Crippen LogP contribution in [-0.2, 0) is 9.53 Å². The van der Waals surface area contributed by atoms with Crippen molar-refractivity contribution in [3.8, 4) is 5.75 Å². The molecule has 24 heavy (non-hydrogen) atoms. The molecule has 2 aromatic rings. The lowest BCUT2D eigenvalue weighted by Gasteiger charge is -2.07. The van der Waals surface area contributed by atoms with Crippen molar-refractivity contribution in [2.45, 2.75) is 26.7 Å². The zero-order valence-electron chi connectivity index (χ0n) is 14.1. The van der Waals surface area contributed by atoms with E-state index >= 15 is 0 Å². The normalized spacial score (nSPS) is 10.2. The molecule has 126 valence electrons. The summed E-state index contributed by atoms with van der Waals surface area (Å²) in [5, 5.41) is 0. The second kappa shape index (κ2) is 8.87. The van der Waals surface area contributed by atoms with E-state index < -0.39 is 0 Å². The zero-order valence-corrected chi connectivity index (χ0v) is 14.1. The number of ether oxygens (including phenoxy) is 2. The van der Waals surface area contributed by atoms with Gasteiger partial charge in [-0.15, -0.1) is 0 Å². The molecule has 0 unspecified atom stereocenters. The first-order chi connectivity index (χ1) is 11.6. The van der Waals surface area contributed by atoms with Crippen molar-refractivity contribution in [2.75, 3.05) is 13.2 Å². The van der Waals surface area contributed by atoms with Crippen LogP contribution in [0.25, 0.3) is 0 Å². The molecule has 2 aromatic carbocycles. The molecule has 0 radical (unpaired) electrons. The topological polar surface area (TPSA) is 52.6 Å². The SMILES string of the molecule is CCOC(=O)CCCOc1ccc(C(=O)c2ccc(C)cc2)cc1. The summed E-state index contributed by atoms with van der Waals surface area (Å²) >= 11 is 0. The maximum Gasteiger partial charge on any atom is 0.305 e. The van der Waals surface area contributed by atoms with Crippen molar-refractivity contribution in [1.82, 2.24) is 0 Å². The Labute approximate surface area is 142 Å². The zero-order chi connectivity index (χ0) is 17.4. The fourth-order valence-corrected chi connectivity index (χ4v) is 2.21. The lowest BCUT2D eigenvalue weighted by atomic mass is 10.0. The van der Waals surface area contributed by atoms with Crippen molar-refractivity contribution in [2.24, 2.45) is 0 Å². The van der Waals surface area contributed by atoms with Gasteiger partial charge in [0.05, 0.1) is 13.2 Å². The van der Waals surface area contributed by atoms with Crippen LogP contribution in [0.4, 0.5) is 0 Å². The van der Waals surface area contributed by atoms with Gasteiger partial charge < -0.3 is 9.47 Å². The molecule has 4 nitrogen and oxygen atoms in total. The number of hydrogen-bond donors (Lipinski definition) is 0. The van der Waals surface area contributed by atoms with Gasteiger partial charge in [-0.05, 0) is 44.5 Å². The smallest absolute Gasteiger partial charge is 0.305 e. The second-order valence-corrected chi connectivity index (χ2v) is 5.48.